The van der Waals surface area contributed by atoms with Gasteiger partial charge in [-0.05, 0) is 30.5 Å². The Hall–Kier alpha value is -1.83. The minimum Gasteiger partial charge on any atom is -0.356 e. The first-order valence-electron chi connectivity index (χ1n) is 6.65. The standard InChI is InChI=1S/C15H12ClN3O2S2/c1-22-15-18-12(8-23-15)14(20)17-7-11-6-13(21-19-11)9-2-4-10(16)5-3-9/h2-6,8H,7H2,1H3,(H,17,20). The molecule has 0 fully saturated rings. The van der Waals surface area contributed by atoms with E-state index in [0.29, 0.717) is 22.2 Å². The molecule has 8 heteroatoms. The number of nitrogens with one attached hydrogen (secondary N) is 1. The van der Waals surface area contributed by atoms with Crippen LogP contribution in [0.1, 0.15) is 16.2 Å². The molecule has 0 saturated carbocycles. The van der Waals surface area contributed by atoms with Crippen molar-refractivity contribution in [3.8, 4) is 11.3 Å². The first-order chi connectivity index (χ1) is 11.2. The van der Waals surface area contributed by atoms with E-state index in [4.69, 9.17) is 16.1 Å². The summed E-state index contributed by atoms with van der Waals surface area (Å²) in [5.41, 5.74) is 1.94. The van der Waals surface area contributed by atoms with Crippen LogP contribution in [-0.2, 0) is 6.54 Å². The summed E-state index contributed by atoms with van der Waals surface area (Å²) < 4.78 is 6.15. The van der Waals surface area contributed by atoms with Gasteiger partial charge in [0.1, 0.15) is 15.7 Å². The van der Waals surface area contributed by atoms with Gasteiger partial charge in [-0.25, -0.2) is 4.98 Å². The third-order valence-electron chi connectivity index (χ3n) is 3.01. The molecule has 23 heavy (non-hydrogen) atoms. The number of aromatic nitrogens is 2. The lowest BCUT2D eigenvalue weighted by Crippen LogP contribution is -2.23. The molecule has 0 radical (unpaired) electrons. The molecule has 0 aliphatic rings. The Kier molecular flexibility index (Phi) is 5.00. The zero-order chi connectivity index (χ0) is 16.2. The second kappa shape index (κ2) is 7.16. The lowest BCUT2D eigenvalue weighted by atomic mass is 10.1. The molecule has 1 N–H and O–H groups in total. The Morgan fingerprint density at radius 2 is 2.17 bits per heavy atom. The molecule has 2 aromatic heterocycles. The maximum absolute atomic E-state index is 12.0. The molecular weight excluding hydrogens is 354 g/mol. The van der Waals surface area contributed by atoms with E-state index in [9.17, 15) is 4.79 Å². The van der Waals surface area contributed by atoms with Crippen LogP contribution in [-0.4, -0.2) is 22.3 Å². The van der Waals surface area contributed by atoms with Crippen molar-refractivity contribution in [2.45, 2.75) is 10.9 Å². The van der Waals surface area contributed by atoms with E-state index in [2.05, 4.69) is 15.5 Å². The van der Waals surface area contributed by atoms with Gasteiger partial charge in [-0.2, -0.15) is 0 Å². The maximum atomic E-state index is 12.0. The van der Waals surface area contributed by atoms with Gasteiger partial charge in [-0.3, -0.25) is 4.79 Å². The van der Waals surface area contributed by atoms with Crippen molar-refractivity contribution >= 4 is 40.6 Å². The lowest BCUT2D eigenvalue weighted by Gasteiger charge is -1.98. The van der Waals surface area contributed by atoms with Crippen LogP contribution in [0.3, 0.4) is 0 Å². The molecular formula is C15H12ClN3O2S2. The van der Waals surface area contributed by atoms with Gasteiger partial charge in [0, 0.05) is 22.0 Å². The Bertz CT molecular complexity index is 814. The topological polar surface area (TPSA) is 68.0 Å². The highest BCUT2D eigenvalue weighted by atomic mass is 35.5. The van der Waals surface area contributed by atoms with Crippen molar-refractivity contribution in [3.63, 3.8) is 0 Å². The minimum atomic E-state index is -0.224. The van der Waals surface area contributed by atoms with Crippen molar-refractivity contribution in [3.05, 3.63) is 52.1 Å². The molecule has 118 valence electrons. The Morgan fingerprint density at radius 1 is 1.39 bits per heavy atom. The van der Waals surface area contributed by atoms with Crippen LogP contribution < -0.4 is 5.32 Å². The summed E-state index contributed by atoms with van der Waals surface area (Å²) in [7, 11) is 0. The maximum Gasteiger partial charge on any atom is 0.271 e. The fourth-order valence-electron chi connectivity index (χ4n) is 1.86. The summed E-state index contributed by atoms with van der Waals surface area (Å²) in [4.78, 5) is 16.2. The van der Waals surface area contributed by atoms with Crippen LogP contribution in [0, 0.1) is 0 Å². The summed E-state index contributed by atoms with van der Waals surface area (Å²) in [5, 5.41) is 9.14. The SMILES string of the molecule is CSc1nc(C(=O)NCc2cc(-c3ccc(Cl)cc3)on2)cs1. The van der Waals surface area contributed by atoms with E-state index in [-0.39, 0.29) is 12.5 Å². The highest BCUT2D eigenvalue weighted by Crippen LogP contribution is 2.22. The van der Waals surface area contributed by atoms with Crippen LogP contribution in [0.2, 0.25) is 5.02 Å². The average molecular weight is 366 g/mol. The second-order valence-corrected chi connectivity index (χ2v) is 6.92. The normalized spacial score (nSPS) is 10.7. The van der Waals surface area contributed by atoms with Gasteiger partial charge < -0.3 is 9.84 Å². The third-order valence-corrected chi connectivity index (χ3v) is 5.12. The lowest BCUT2D eigenvalue weighted by molar-refractivity contribution is 0.0945. The molecule has 0 atom stereocenters. The molecule has 1 aromatic carbocycles. The zero-order valence-corrected chi connectivity index (χ0v) is 14.5. The second-order valence-electron chi connectivity index (χ2n) is 4.57. The van der Waals surface area contributed by atoms with Crippen LogP contribution in [0.5, 0.6) is 0 Å². The van der Waals surface area contributed by atoms with E-state index in [1.807, 2.05) is 18.4 Å². The minimum absolute atomic E-state index is 0.224. The fourth-order valence-corrected chi connectivity index (χ4v) is 3.23. The zero-order valence-electron chi connectivity index (χ0n) is 12.1. The number of thioether (sulfide) groups is 1. The summed E-state index contributed by atoms with van der Waals surface area (Å²) in [5.74, 6) is 0.404. The number of amides is 1. The molecule has 5 nitrogen and oxygen atoms in total. The number of halogens is 1. The Labute approximate surface area is 146 Å². The predicted molar refractivity (Wildman–Crippen MR) is 92.0 cm³/mol. The van der Waals surface area contributed by atoms with E-state index in [0.717, 1.165) is 9.90 Å². The molecule has 0 spiro atoms. The van der Waals surface area contributed by atoms with Gasteiger partial charge in [-0.1, -0.05) is 28.5 Å². The summed E-state index contributed by atoms with van der Waals surface area (Å²) in [6, 6.07) is 9.06. The highest BCUT2D eigenvalue weighted by molar-refractivity contribution is 8.00. The highest BCUT2D eigenvalue weighted by Gasteiger charge is 2.12. The third kappa shape index (κ3) is 3.93. The molecule has 0 unspecified atom stereocenters. The van der Waals surface area contributed by atoms with Crippen LogP contribution in [0.15, 0.2) is 44.6 Å². The first-order valence-corrected chi connectivity index (χ1v) is 9.13. The molecule has 0 bridgehead atoms. The van der Waals surface area contributed by atoms with Gasteiger partial charge in [0.2, 0.25) is 0 Å². The molecule has 0 aliphatic heterocycles. The first kappa shape index (κ1) is 16.0. The van der Waals surface area contributed by atoms with E-state index in [1.165, 1.54) is 23.1 Å². The average Bonchev–Trinajstić information content (AvgIpc) is 3.22. The van der Waals surface area contributed by atoms with Crippen molar-refractivity contribution in [1.82, 2.24) is 15.5 Å². The fraction of sp³-hybridized carbons (Fsp3) is 0.133. The summed E-state index contributed by atoms with van der Waals surface area (Å²) >= 11 is 8.82. The largest absolute Gasteiger partial charge is 0.356 e. The molecule has 3 aromatic rings. The van der Waals surface area contributed by atoms with Crippen molar-refractivity contribution < 1.29 is 9.32 Å². The summed E-state index contributed by atoms with van der Waals surface area (Å²) in [6.07, 6.45) is 1.92. The number of carbonyl (C=O) groups is 1. The molecule has 0 saturated heterocycles. The quantitative estimate of drug-likeness (QED) is 0.689. The van der Waals surface area contributed by atoms with Crippen LogP contribution >= 0.6 is 34.7 Å². The van der Waals surface area contributed by atoms with Crippen molar-refractivity contribution in [2.75, 3.05) is 6.26 Å². The van der Waals surface area contributed by atoms with Crippen LogP contribution in [0.25, 0.3) is 11.3 Å². The molecule has 2 heterocycles. The number of nitrogens with zero attached hydrogens (tertiary/aromatic N) is 2. The number of benzene rings is 1. The van der Waals surface area contributed by atoms with Gasteiger partial charge in [0.05, 0.1) is 6.54 Å². The Balaban J connectivity index is 1.63. The summed E-state index contributed by atoms with van der Waals surface area (Å²) in [6.45, 7) is 0.280. The van der Waals surface area contributed by atoms with Gasteiger partial charge >= 0.3 is 0 Å². The monoisotopic (exact) mass is 365 g/mol. The molecule has 3 rings (SSSR count). The Morgan fingerprint density at radius 3 is 2.87 bits per heavy atom. The number of carbonyl (C=O) groups excluding carboxylic acids is 1. The van der Waals surface area contributed by atoms with Gasteiger partial charge in [-0.15, -0.1) is 11.3 Å². The van der Waals surface area contributed by atoms with E-state index in [1.54, 1.807) is 23.6 Å². The van der Waals surface area contributed by atoms with Crippen molar-refractivity contribution in [1.29, 1.82) is 0 Å². The van der Waals surface area contributed by atoms with Gasteiger partial charge in [0.15, 0.2) is 5.76 Å². The van der Waals surface area contributed by atoms with Crippen LogP contribution in [0.4, 0.5) is 0 Å². The van der Waals surface area contributed by atoms with Crippen molar-refractivity contribution in [2.24, 2.45) is 0 Å². The molecule has 0 aliphatic carbocycles. The number of hydrogen-bond donors (Lipinski definition) is 1. The van der Waals surface area contributed by atoms with Gasteiger partial charge in [0.25, 0.3) is 5.91 Å². The number of thiazole rings is 1. The molecule has 1 amide bonds. The van der Waals surface area contributed by atoms with E-state index < -0.39 is 0 Å². The number of rotatable bonds is 5. The smallest absolute Gasteiger partial charge is 0.271 e. The number of hydrogen-bond acceptors (Lipinski definition) is 6. The van der Waals surface area contributed by atoms with E-state index >= 15 is 0 Å². The predicted octanol–water partition coefficient (Wildman–Crippen LogP) is 4.10.